The number of carbonyl (C=O) groups excluding carboxylic acids is 1. The maximum Gasteiger partial charge on any atom is 0.332 e. The van der Waals surface area contributed by atoms with Crippen LogP contribution in [0.25, 0.3) is 10.2 Å². The molecule has 0 fully saturated rings. The van der Waals surface area contributed by atoms with Crippen molar-refractivity contribution in [1.82, 2.24) is 9.13 Å². The van der Waals surface area contributed by atoms with Gasteiger partial charge in [-0.05, 0) is 41.3 Å². The van der Waals surface area contributed by atoms with Crippen molar-refractivity contribution in [2.24, 2.45) is 0 Å². The molecule has 4 rings (SSSR count). The van der Waals surface area contributed by atoms with Gasteiger partial charge in [0.15, 0.2) is 0 Å². The number of rotatable bonds is 6. The molecule has 0 radical (unpaired) electrons. The van der Waals surface area contributed by atoms with Crippen molar-refractivity contribution in [3.8, 4) is 5.75 Å². The van der Waals surface area contributed by atoms with Crippen LogP contribution in [-0.2, 0) is 17.9 Å². The Morgan fingerprint density at radius 2 is 1.73 bits per heavy atom. The van der Waals surface area contributed by atoms with Crippen molar-refractivity contribution < 1.29 is 9.53 Å². The molecular formula is C22H19N3O4S. The summed E-state index contributed by atoms with van der Waals surface area (Å²) in [5.74, 6) is 0.347. The van der Waals surface area contributed by atoms with Crippen LogP contribution in [0.3, 0.4) is 0 Å². The number of ether oxygens (including phenoxy) is 1. The number of hydrogen-bond donors (Lipinski definition) is 1. The van der Waals surface area contributed by atoms with Gasteiger partial charge >= 0.3 is 5.69 Å². The third-order valence-corrected chi connectivity index (χ3v) is 5.59. The Morgan fingerprint density at radius 3 is 2.43 bits per heavy atom. The minimum Gasteiger partial charge on any atom is -0.497 e. The number of benzene rings is 2. The molecule has 30 heavy (non-hydrogen) atoms. The van der Waals surface area contributed by atoms with Gasteiger partial charge in [-0.2, -0.15) is 0 Å². The van der Waals surface area contributed by atoms with Crippen LogP contribution >= 0.6 is 11.3 Å². The average Bonchev–Trinajstić information content (AvgIpc) is 3.25. The van der Waals surface area contributed by atoms with E-state index < -0.39 is 5.69 Å². The molecule has 7 nitrogen and oxygen atoms in total. The van der Waals surface area contributed by atoms with E-state index in [9.17, 15) is 14.4 Å². The highest BCUT2D eigenvalue weighted by Crippen LogP contribution is 2.16. The zero-order valence-corrected chi connectivity index (χ0v) is 17.0. The first-order chi connectivity index (χ1) is 14.6. The van der Waals surface area contributed by atoms with Crippen molar-refractivity contribution in [2.75, 3.05) is 12.4 Å². The molecule has 0 saturated carbocycles. The Labute approximate surface area is 175 Å². The number of aromatic nitrogens is 2. The number of carbonyl (C=O) groups is 1. The first-order valence-electron chi connectivity index (χ1n) is 9.25. The van der Waals surface area contributed by atoms with Crippen LogP contribution in [0, 0.1) is 0 Å². The van der Waals surface area contributed by atoms with Gasteiger partial charge in [0.05, 0.1) is 19.2 Å². The van der Waals surface area contributed by atoms with Gasteiger partial charge in [-0.3, -0.25) is 18.7 Å². The Hall–Kier alpha value is -3.65. The van der Waals surface area contributed by atoms with Crippen molar-refractivity contribution in [3.63, 3.8) is 0 Å². The second-order valence-electron chi connectivity index (χ2n) is 6.66. The van der Waals surface area contributed by atoms with Gasteiger partial charge in [-0.15, -0.1) is 11.3 Å². The molecule has 2 aromatic heterocycles. The summed E-state index contributed by atoms with van der Waals surface area (Å²) < 4.78 is 8.09. The lowest BCUT2D eigenvalue weighted by atomic mass is 10.2. The molecule has 0 saturated heterocycles. The van der Waals surface area contributed by atoms with E-state index in [0.29, 0.717) is 21.7 Å². The summed E-state index contributed by atoms with van der Waals surface area (Å²) in [4.78, 5) is 38.6. The van der Waals surface area contributed by atoms with E-state index in [0.717, 1.165) is 10.1 Å². The van der Waals surface area contributed by atoms with E-state index in [-0.39, 0.29) is 24.6 Å². The predicted molar refractivity (Wildman–Crippen MR) is 118 cm³/mol. The molecule has 1 N–H and O–H groups in total. The lowest BCUT2D eigenvalue weighted by Crippen LogP contribution is -2.41. The highest BCUT2D eigenvalue weighted by Gasteiger charge is 2.17. The van der Waals surface area contributed by atoms with Crippen LogP contribution in [0.15, 0.2) is 75.6 Å². The van der Waals surface area contributed by atoms with Crippen molar-refractivity contribution in [2.45, 2.75) is 13.1 Å². The smallest absolute Gasteiger partial charge is 0.332 e. The molecule has 0 bridgehead atoms. The summed E-state index contributed by atoms with van der Waals surface area (Å²) in [6, 6.07) is 17.9. The highest BCUT2D eigenvalue weighted by molar-refractivity contribution is 7.17. The third-order valence-electron chi connectivity index (χ3n) is 4.70. The molecule has 0 unspecified atom stereocenters. The molecule has 0 spiro atoms. The number of para-hydroxylation sites is 1. The lowest BCUT2D eigenvalue weighted by Gasteiger charge is -2.13. The predicted octanol–water partition coefficient (Wildman–Crippen LogP) is 2.92. The Balaban J connectivity index is 1.70. The topological polar surface area (TPSA) is 82.3 Å². The maximum absolute atomic E-state index is 13.1. The third kappa shape index (κ3) is 3.90. The average molecular weight is 421 g/mol. The minimum absolute atomic E-state index is 0.107. The molecule has 4 aromatic rings. The summed E-state index contributed by atoms with van der Waals surface area (Å²) in [5, 5.41) is 4.52. The molecule has 0 aliphatic heterocycles. The van der Waals surface area contributed by atoms with Gasteiger partial charge in [0.25, 0.3) is 5.56 Å². The Bertz CT molecular complexity index is 1300. The molecule has 152 valence electrons. The molecule has 2 heterocycles. The molecule has 0 aliphatic carbocycles. The summed E-state index contributed by atoms with van der Waals surface area (Å²) in [7, 11) is 1.57. The standard InChI is InChI=1S/C22H19N3O4S/c1-29-17-9-7-15(8-10-17)13-25-21(27)20-18(11-12-30-20)24(22(25)28)14-19(26)23-16-5-3-2-4-6-16/h2-12H,13-14H2,1H3,(H,23,26). The number of methoxy groups -OCH3 is 1. The van der Waals surface area contributed by atoms with E-state index in [1.54, 1.807) is 55.0 Å². The fourth-order valence-electron chi connectivity index (χ4n) is 3.20. The second-order valence-corrected chi connectivity index (χ2v) is 7.57. The lowest BCUT2D eigenvalue weighted by molar-refractivity contribution is -0.116. The number of nitrogens with one attached hydrogen (secondary N) is 1. The van der Waals surface area contributed by atoms with Crippen molar-refractivity contribution in [3.05, 3.63) is 92.4 Å². The quantitative estimate of drug-likeness (QED) is 0.519. The monoisotopic (exact) mass is 421 g/mol. The number of anilines is 1. The molecule has 0 aliphatic rings. The number of nitrogens with zero attached hydrogens (tertiary/aromatic N) is 2. The van der Waals surface area contributed by atoms with Gasteiger partial charge < -0.3 is 10.1 Å². The molecule has 8 heteroatoms. The van der Waals surface area contributed by atoms with Gasteiger partial charge in [0.1, 0.15) is 17.0 Å². The largest absolute Gasteiger partial charge is 0.497 e. The number of fused-ring (bicyclic) bond motifs is 1. The molecule has 1 amide bonds. The zero-order valence-electron chi connectivity index (χ0n) is 16.2. The molecule has 2 aromatic carbocycles. The van der Waals surface area contributed by atoms with Crippen LogP contribution in [0.5, 0.6) is 5.75 Å². The first-order valence-corrected chi connectivity index (χ1v) is 10.1. The summed E-state index contributed by atoms with van der Waals surface area (Å²) in [5.41, 5.74) is 1.00. The Kier molecular flexibility index (Phi) is 5.49. The van der Waals surface area contributed by atoms with Gasteiger partial charge in [-0.1, -0.05) is 30.3 Å². The minimum atomic E-state index is -0.523. The fraction of sp³-hybridized carbons (Fsp3) is 0.136. The first kappa shape index (κ1) is 19.7. The van der Waals surface area contributed by atoms with Crippen LogP contribution in [0.1, 0.15) is 5.56 Å². The second kappa shape index (κ2) is 8.38. The Morgan fingerprint density at radius 1 is 1.00 bits per heavy atom. The zero-order chi connectivity index (χ0) is 21.1. The van der Waals surface area contributed by atoms with E-state index in [4.69, 9.17) is 4.74 Å². The highest BCUT2D eigenvalue weighted by atomic mass is 32.1. The van der Waals surface area contributed by atoms with Crippen LogP contribution < -0.4 is 21.3 Å². The van der Waals surface area contributed by atoms with Crippen LogP contribution in [-0.4, -0.2) is 22.2 Å². The van der Waals surface area contributed by atoms with E-state index >= 15 is 0 Å². The maximum atomic E-state index is 13.1. The van der Waals surface area contributed by atoms with Gasteiger partial charge in [0, 0.05) is 5.69 Å². The van der Waals surface area contributed by atoms with Crippen molar-refractivity contribution in [1.29, 1.82) is 0 Å². The van der Waals surface area contributed by atoms with E-state index in [1.165, 1.54) is 15.9 Å². The SMILES string of the molecule is COc1ccc(Cn2c(=O)c3sccc3n(CC(=O)Nc3ccccc3)c2=O)cc1. The normalized spacial score (nSPS) is 10.8. The van der Waals surface area contributed by atoms with E-state index in [2.05, 4.69) is 5.32 Å². The molecular weight excluding hydrogens is 402 g/mol. The van der Waals surface area contributed by atoms with Crippen molar-refractivity contribution >= 4 is 33.1 Å². The van der Waals surface area contributed by atoms with E-state index in [1.807, 2.05) is 18.2 Å². The van der Waals surface area contributed by atoms with Crippen LogP contribution in [0.4, 0.5) is 5.69 Å². The number of thiophene rings is 1. The van der Waals surface area contributed by atoms with Gasteiger partial charge in [0.2, 0.25) is 5.91 Å². The molecule has 0 atom stereocenters. The van der Waals surface area contributed by atoms with Gasteiger partial charge in [-0.25, -0.2) is 4.79 Å². The number of amides is 1. The number of hydrogen-bond acceptors (Lipinski definition) is 5. The van der Waals surface area contributed by atoms with Crippen LogP contribution in [0.2, 0.25) is 0 Å². The summed E-state index contributed by atoms with van der Waals surface area (Å²) in [6.45, 7) is -0.0837. The summed E-state index contributed by atoms with van der Waals surface area (Å²) >= 11 is 1.25. The summed E-state index contributed by atoms with van der Waals surface area (Å²) in [6.07, 6.45) is 0. The fourth-order valence-corrected chi connectivity index (χ4v) is 4.05.